The molecule has 3 rings (SSSR count). The minimum atomic E-state index is -0.439. The first-order valence-electron chi connectivity index (χ1n) is 10.8. The molecule has 0 aliphatic carbocycles. The number of ether oxygens (including phenoxy) is 3. The van der Waals surface area contributed by atoms with Crippen molar-refractivity contribution in [3.63, 3.8) is 0 Å². The Morgan fingerprint density at radius 2 is 1.69 bits per heavy atom. The number of rotatable bonds is 9. The molecule has 3 aromatic rings. The molecule has 0 atom stereocenters. The fourth-order valence-corrected chi connectivity index (χ4v) is 3.48. The van der Waals surface area contributed by atoms with Crippen molar-refractivity contribution in [1.29, 1.82) is 0 Å². The zero-order valence-corrected chi connectivity index (χ0v) is 20.6. The van der Waals surface area contributed by atoms with Crippen molar-refractivity contribution in [2.45, 2.75) is 13.3 Å². The van der Waals surface area contributed by atoms with Gasteiger partial charge in [0.05, 0.1) is 20.5 Å². The summed E-state index contributed by atoms with van der Waals surface area (Å²) in [4.78, 5) is 40.2. The minimum Gasteiger partial charge on any atom is -0.493 e. The molecule has 11 nitrogen and oxygen atoms in total. The summed E-state index contributed by atoms with van der Waals surface area (Å²) in [5, 5.41) is 2.70. The summed E-state index contributed by atoms with van der Waals surface area (Å²) in [7, 11) is 7.78. The van der Waals surface area contributed by atoms with E-state index in [4.69, 9.17) is 14.2 Å². The van der Waals surface area contributed by atoms with E-state index >= 15 is 0 Å². The van der Waals surface area contributed by atoms with Gasteiger partial charge in [-0.15, -0.1) is 0 Å². The fraction of sp³-hybridized carbons (Fsp3) is 0.333. The summed E-state index contributed by atoms with van der Waals surface area (Å²) in [6.45, 7) is 1.97. The molecule has 0 bridgehead atoms. The maximum atomic E-state index is 12.6. The molecule has 0 spiro atoms. The predicted octanol–water partition coefficient (Wildman–Crippen LogP) is 1.58. The van der Waals surface area contributed by atoms with Gasteiger partial charge in [0.2, 0.25) is 11.7 Å². The molecule has 0 unspecified atom stereocenters. The highest BCUT2D eigenvalue weighted by Gasteiger charge is 2.16. The number of fused-ring (bicyclic) bond motifs is 1. The van der Waals surface area contributed by atoms with Crippen molar-refractivity contribution < 1.29 is 19.0 Å². The Balaban J connectivity index is 1.90. The number of imidazole rings is 1. The van der Waals surface area contributed by atoms with Gasteiger partial charge in [0.1, 0.15) is 5.82 Å². The van der Waals surface area contributed by atoms with Crippen molar-refractivity contribution in [2.75, 3.05) is 20.8 Å². The van der Waals surface area contributed by atoms with Crippen LogP contribution in [0.1, 0.15) is 24.7 Å². The molecule has 186 valence electrons. The van der Waals surface area contributed by atoms with Crippen LogP contribution in [0.4, 0.5) is 0 Å². The summed E-state index contributed by atoms with van der Waals surface area (Å²) in [6.07, 6.45) is 7.44. The van der Waals surface area contributed by atoms with E-state index < -0.39 is 11.2 Å². The van der Waals surface area contributed by atoms with Crippen LogP contribution in [0.25, 0.3) is 23.3 Å². The van der Waals surface area contributed by atoms with Crippen molar-refractivity contribution in [3.05, 3.63) is 56.7 Å². The van der Waals surface area contributed by atoms with Crippen molar-refractivity contribution in [1.82, 2.24) is 24.0 Å². The van der Waals surface area contributed by atoms with Gasteiger partial charge in [0.15, 0.2) is 22.7 Å². The van der Waals surface area contributed by atoms with E-state index in [2.05, 4.69) is 10.3 Å². The minimum absolute atomic E-state index is 0.0866. The average molecular weight is 484 g/mol. The SMILES string of the molecule is COc1cc(C=Cc2nc3c(c(=O)n(C)c(=O)n3C)n2C)cc(OC)c1OC=CCCNC(C)=O. The lowest BCUT2D eigenvalue weighted by Gasteiger charge is -2.13. The number of carbonyl (C=O) groups is 1. The number of hydrogen-bond acceptors (Lipinski definition) is 7. The molecule has 0 fully saturated rings. The van der Waals surface area contributed by atoms with Crippen molar-refractivity contribution in [3.8, 4) is 17.2 Å². The third-order valence-electron chi connectivity index (χ3n) is 5.38. The maximum Gasteiger partial charge on any atom is 0.332 e. The highest BCUT2D eigenvalue weighted by atomic mass is 16.5. The molecular weight excluding hydrogens is 454 g/mol. The van der Waals surface area contributed by atoms with Gasteiger partial charge in [0.25, 0.3) is 5.56 Å². The van der Waals surface area contributed by atoms with Gasteiger partial charge in [-0.05, 0) is 36.3 Å². The fourth-order valence-electron chi connectivity index (χ4n) is 3.48. The number of hydrogen-bond donors (Lipinski definition) is 1. The lowest BCUT2D eigenvalue weighted by atomic mass is 10.1. The molecule has 2 heterocycles. The molecule has 1 N–H and O–H groups in total. The molecule has 1 aromatic carbocycles. The number of nitrogens with one attached hydrogen (secondary N) is 1. The van der Waals surface area contributed by atoms with Crippen molar-refractivity contribution >= 4 is 29.2 Å². The number of methoxy groups -OCH3 is 2. The first kappa shape index (κ1) is 25.3. The molecule has 0 radical (unpaired) electrons. The first-order chi connectivity index (χ1) is 16.7. The number of benzene rings is 1. The van der Waals surface area contributed by atoms with Crippen LogP contribution < -0.4 is 30.8 Å². The number of aryl methyl sites for hydroxylation is 2. The Hall–Kier alpha value is -4.28. The van der Waals surface area contributed by atoms with Gasteiger partial charge in [-0.1, -0.05) is 6.08 Å². The van der Waals surface area contributed by atoms with Crippen molar-refractivity contribution in [2.24, 2.45) is 21.1 Å². The van der Waals surface area contributed by atoms with Crippen LogP contribution >= 0.6 is 0 Å². The second-order valence-corrected chi connectivity index (χ2v) is 7.76. The summed E-state index contributed by atoms with van der Waals surface area (Å²) in [5.74, 6) is 1.73. The zero-order valence-electron chi connectivity index (χ0n) is 20.6. The van der Waals surface area contributed by atoms with Gasteiger partial charge in [-0.25, -0.2) is 9.78 Å². The van der Waals surface area contributed by atoms with Crippen LogP contribution in [-0.4, -0.2) is 45.4 Å². The Bertz CT molecular complexity index is 1400. The van der Waals surface area contributed by atoms with E-state index in [0.29, 0.717) is 47.2 Å². The number of amides is 1. The molecule has 0 saturated carbocycles. The summed E-state index contributed by atoms with van der Waals surface area (Å²) < 4.78 is 20.7. The van der Waals surface area contributed by atoms with Gasteiger partial charge in [-0.3, -0.25) is 18.7 Å². The molecule has 1 amide bonds. The number of nitrogens with zero attached hydrogens (tertiary/aromatic N) is 4. The molecule has 2 aromatic heterocycles. The Labute approximate surface area is 201 Å². The smallest absolute Gasteiger partial charge is 0.332 e. The highest BCUT2D eigenvalue weighted by Crippen LogP contribution is 2.39. The third-order valence-corrected chi connectivity index (χ3v) is 5.38. The lowest BCUT2D eigenvalue weighted by Crippen LogP contribution is -2.37. The normalized spacial score (nSPS) is 11.5. The maximum absolute atomic E-state index is 12.6. The van der Waals surface area contributed by atoms with Crippen LogP contribution in [0.2, 0.25) is 0 Å². The Morgan fingerprint density at radius 1 is 1.03 bits per heavy atom. The van der Waals surface area contributed by atoms with Gasteiger partial charge in [0, 0.05) is 34.6 Å². The van der Waals surface area contributed by atoms with E-state index in [9.17, 15) is 14.4 Å². The number of aromatic nitrogens is 4. The van der Waals surface area contributed by atoms with Crippen LogP contribution in [0.15, 0.2) is 34.1 Å². The van der Waals surface area contributed by atoms with E-state index in [1.165, 1.54) is 39.0 Å². The van der Waals surface area contributed by atoms with Crippen LogP contribution in [-0.2, 0) is 25.9 Å². The first-order valence-corrected chi connectivity index (χ1v) is 10.8. The largest absolute Gasteiger partial charge is 0.493 e. The molecule has 0 aliphatic rings. The van der Waals surface area contributed by atoms with Crippen LogP contribution in [0.5, 0.6) is 17.2 Å². The van der Waals surface area contributed by atoms with E-state index in [1.54, 1.807) is 49.0 Å². The Morgan fingerprint density at radius 3 is 2.29 bits per heavy atom. The quantitative estimate of drug-likeness (QED) is 0.363. The zero-order chi connectivity index (χ0) is 25.7. The van der Waals surface area contributed by atoms with Gasteiger partial charge < -0.3 is 24.1 Å². The lowest BCUT2D eigenvalue weighted by molar-refractivity contribution is -0.118. The highest BCUT2D eigenvalue weighted by molar-refractivity contribution is 5.77. The van der Waals surface area contributed by atoms with Crippen LogP contribution in [0.3, 0.4) is 0 Å². The molecule has 0 saturated heterocycles. The summed E-state index contributed by atoms with van der Waals surface area (Å²) >= 11 is 0. The molecule has 0 aliphatic heterocycles. The molecule has 11 heteroatoms. The van der Waals surface area contributed by atoms with Crippen LogP contribution in [0, 0.1) is 0 Å². The summed E-state index contributed by atoms with van der Waals surface area (Å²) in [5.41, 5.74) is 0.538. The van der Waals surface area contributed by atoms with Gasteiger partial charge >= 0.3 is 5.69 Å². The van der Waals surface area contributed by atoms with E-state index in [1.807, 2.05) is 0 Å². The second-order valence-electron chi connectivity index (χ2n) is 7.76. The van der Waals surface area contributed by atoms with Gasteiger partial charge in [-0.2, -0.15) is 0 Å². The van der Waals surface area contributed by atoms with E-state index in [0.717, 1.165) is 10.1 Å². The molecule has 35 heavy (non-hydrogen) atoms. The third kappa shape index (κ3) is 5.29. The topological polar surface area (TPSA) is 119 Å². The monoisotopic (exact) mass is 483 g/mol. The summed E-state index contributed by atoms with van der Waals surface area (Å²) in [6, 6.07) is 3.55. The average Bonchev–Trinajstić information content (AvgIpc) is 3.18. The second kappa shape index (κ2) is 10.8. The standard InChI is InChI=1S/C24H29N5O6/c1-15(30)25-11-7-8-12-35-21-17(33-5)13-16(14-18(21)34-6)9-10-19-26-22-20(27(19)2)23(31)29(4)24(32)28(22)3/h8-10,12-14H,7,11H2,1-6H3,(H,25,30). The molecular formula is C24H29N5O6. The van der Waals surface area contributed by atoms with E-state index in [-0.39, 0.29) is 5.91 Å². The Kier molecular flexibility index (Phi) is 7.80. The predicted molar refractivity (Wildman–Crippen MR) is 133 cm³/mol. The number of carbonyl (C=O) groups excluding carboxylic acids is 1.